The van der Waals surface area contributed by atoms with Crippen LogP contribution >= 0.6 is 35.4 Å². The van der Waals surface area contributed by atoms with E-state index in [0.717, 1.165) is 29.2 Å². The molecule has 0 aromatic heterocycles. The van der Waals surface area contributed by atoms with Crippen molar-refractivity contribution in [2.24, 2.45) is 0 Å². The molecule has 1 saturated heterocycles. The van der Waals surface area contributed by atoms with Gasteiger partial charge in [0.1, 0.15) is 11.6 Å². The number of hydrogen-bond donors (Lipinski definition) is 0. The smallest absolute Gasteiger partial charge is 0.180 e. The van der Waals surface area contributed by atoms with Crippen LogP contribution in [0.15, 0.2) is 36.4 Å². The Morgan fingerprint density at radius 3 is 2.52 bits per heavy atom. The quantitative estimate of drug-likeness (QED) is 0.635. The molecule has 3 rings (SSSR count). The highest BCUT2D eigenvalue weighted by molar-refractivity contribution is 7.80. The van der Waals surface area contributed by atoms with E-state index in [0.29, 0.717) is 28.2 Å². The molecule has 3 nitrogen and oxygen atoms in total. The number of nitrogens with zero attached hydrogens (tertiary/aromatic N) is 1. The van der Waals surface area contributed by atoms with Crippen molar-refractivity contribution in [3.8, 4) is 11.5 Å². The molecule has 132 valence electrons. The van der Waals surface area contributed by atoms with Crippen LogP contribution in [0.25, 0.3) is 0 Å². The summed E-state index contributed by atoms with van der Waals surface area (Å²) in [5.74, 6) is 1.06. The summed E-state index contributed by atoms with van der Waals surface area (Å²) < 4.78 is 11.4. The lowest BCUT2D eigenvalue weighted by Crippen LogP contribution is -2.26. The molecule has 0 spiro atoms. The van der Waals surface area contributed by atoms with Crippen molar-refractivity contribution in [2.45, 2.75) is 19.4 Å². The largest absolute Gasteiger partial charge is 0.493 e. The second-order valence-corrected chi connectivity index (χ2v) is 7.07. The van der Waals surface area contributed by atoms with Gasteiger partial charge in [0.15, 0.2) is 11.5 Å². The van der Waals surface area contributed by atoms with Gasteiger partial charge in [0, 0.05) is 29.2 Å². The number of halogens is 2. The second-order valence-electron chi connectivity index (χ2n) is 5.87. The van der Waals surface area contributed by atoms with E-state index < -0.39 is 0 Å². The molecule has 0 amide bonds. The highest BCUT2D eigenvalue weighted by Crippen LogP contribution is 2.38. The van der Waals surface area contributed by atoms with Crippen molar-refractivity contribution in [3.05, 3.63) is 57.6 Å². The summed E-state index contributed by atoms with van der Waals surface area (Å²) in [6.45, 7) is 2.29. The number of benzene rings is 2. The number of likely N-dealkylation sites (tertiary alicyclic amines) is 1. The van der Waals surface area contributed by atoms with Gasteiger partial charge in [-0.25, -0.2) is 0 Å². The monoisotopic (exact) mass is 395 g/mol. The fourth-order valence-corrected chi connectivity index (χ4v) is 3.61. The van der Waals surface area contributed by atoms with Gasteiger partial charge in [-0.05, 0) is 31.0 Å². The zero-order valence-electron chi connectivity index (χ0n) is 13.9. The third-order valence-corrected chi connectivity index (χ3v) is 5.34. The Morgan fingerprint density at radius 1 is 1.12 bits per heavy atom. The zero-order valence-corrected chi connectivity index (χ0v) is 16.3. The standard InChI is InChI=1S/C19H19Cl2NO2S/c1-23-17-11-14(19(25)22-8-4-5-9-22)10-16(21)18(17)24-12-13-6-2-3-7-15(13)20/h2-3,6-7,10-11H,4-5,8-9,12H2,1H3. The Hall–Kier alpha value is -1.49. The molecule has 0 saturated carbocycles. The highest BCUT2D eigenvalue weighted by Gasteiger charge is 2.20. The number of ether oxygens (including phenoxy) is 2. The molecule has 1 fully saturated rings. The van der Waals surface area contributed by atoms with E-state index in [9.17, 15) is 0 Å². The van der Waals surface area contributed by atoms with Crippen molar-refractivity contribution in [1.29, 1.82) is 0 Å². The molecular formula is C19H19Cl2NO2S. The van der Waals surface area contributed by atoms with Gasteiger partial charge in [0.05, 0.1) is 12.1 Å². The molecule has 6 heteroatoms. The van der Waals surface area contributed by atoms with Crippen LogP contribution in [-0.2, 0) is 6.61 Å². The van der Waals surface area contributed by atoms with E-state index in [1.54, 1.807) is 7.11 Å². The predicted molar refractivity (Wildman–Crippen MR) is 106 cm³/mol. The highest BCUT2D eigenvalue weighted by atomic mass is 35.5. The molecule has 0 bridgehead atoms. The first kappa shape index (κ1) is 18.3. The van der Waals surface area contributed by atoms with E-state index in [2.05, 4.69) is 4.90 Å². The summed E-state index contributed by atoms with van der Waals surface area (Å²) in [7, 11) is 1.59. The number of methoxy groups -OCH3 is 1. The minimum atomic E-state index is 0.311. The Balaban J connectivity index is 1.82. The molecule has 2 aromatic rings. The van der Waals surface area contributed by atoms with Crippen molar-refractivity contribution >= 4 is 40.4 Å². The van der Waals surface area contributed by atoms with Gasteiger partial charge >= 0.3 is 0 Å². The molecule has 1 aliphatic rings. The summed E-state index contributed by atoms with van der Waals surface area (Å²) in [4.78, 5) is 3.00. The minimum Gasteiger partial charge on any atom is -0.493 e. The fraction of sp³-hybridized carbons (Fsp3) is 0.316. The van der Waals surface area contributed by atoms with Gasteiger partial charge in [-0.1, -0.05) is 53.6 Å². The van der Waals surface area contributed by atoms with E-state index >= 15 is 0 Å². The molecule has 1 heterocycles. The van der Waals surface area contributed by atoms with E-state index in [4.69, 9.17) is 44.9 Å². The van der Waals surface area contributed by atoms with Gasteiger partial charge in [-0.15, -0.1) is 0 Å². The summed E-state index contributed by atoms with van der Waals surface area (Å²) in [5.41, 5.74) is 1.77. The predicted octanol–water partition coefficient (Wildman–Crippen LogP) is 5.35. The van der Waals surface area contributed by atoms with Crippen LogP contribution in [-0.4, -0.2) is 30.1 Å². The summed E-state index contributed by atoms with van der Waals surface area (Å²) in [5, 5.41) is 1.13. The van der Waals surface area contributed by atoms with Crippen molar-refractivity contribution in [1.82, 2.24) is 4.90 Å². The zero-order chi connectivity index (χ0) is 17.8. The normalized spacial score (nSPS) is 13.8. The van der Waals surface area contributed by atoms with Gasteiger partial charge in [-0.2, -0.15) is 0 Å². The maximum absolute atomic E-state index is 6.45. The number of thiocarbonyl (C=S) groups is 1. The summed E-state index contributed by atoms with van der Waals surface area (Å²) in [6, 6.07) is 11.3. The van der Waals surface area contributed by atoms with Crippen LogP contribution in [0.1, 0.15) is 24.0 Å². The first-order valence-electron chi connectivity index (χ1n) is 8.13. The molecule has 0 unspecified atom stereocenters. The third-order valence-electron chi connectivity index (χ3n) is 4.20. The second kappa shape index (κ2) is 8.26. The van der Waals surface area contributed by atoms with Crippen LogP contribution in [0.4, 0.5) is 0 Å². The van der Waals surface area contributed by atoms with Crippen LogP contribution in [0, 0.1) is 0 Å². The Kier molecular flexibility index (Phi) is 6.05. The maximum Gasteiger partial charge on any atom is 0.180 e. The summed E-state index contributed by atoms with van der Waals surface area (Å²) in [6.07, 6.45) is 2.34. The van der Waals surface area contributed by atoms with Gasteiger partial charge in [0.2, 0.25) is 0 Å². The fourth-order valence-electron chi connectivity index (χ4n) is 2.85. The Morgan fingerprint density at radius 2 is 1.84 bits per heavy atom. The van der Waals surface area contributed by atoms with Gasteiger partial charge < -0.3 is 14.4 Å². The number of rotatable bonds is 5. The van der Waals surface area contributed by atoms with Crippen molar-refractivity contribution < 1.29 is 9.47 Å². The average molecular weight is 396 g/mol. The topological polar surface area (TPSA) is 21.7 Å². The van der Waals surface area contributed by atoms with E-state index in [1.807, 2.05) is 36.4 Å². The van der Waals surface area contributed by atoms with Crippen LogP contribution in [0.3, 0.4) is 0 Å². The van der Waals surface area contributed by atoms with Crippen LogP contribution < -0.4 is 9.47 Å². The average Bonchev–Trinajstić information content (AvgIpc) is 3.15. The van der Waals surface area contributed by atoms with Crippen molar-refractivity contribution in [2.75, 3.05) is 20.2 Å². The van der Waals surface area contributed by atoms with E-state index in [-0.39, 0.29) is 0 Å². The molecule has 1 aliphatic heterocycles. The molecular weight excluding hydrogens is 377 g/mol. The third kappa shape index (κ3) is 4.20. The summed E-state index contributed by atoms with van der Waals surface area (Å²) >= 11 is 18.2. The molecule has 25 heavy (non-hydrogen) atoms. The first-order chi connectivity index (χ1) is 12.1. The van der Waals surface area contributed by atoms with Crippen LogP contribution in [0.2, 0.25) is 10.0 Å². The molecule has 0 atom stereocenters. The maximum atomic E-state index is 6.45. The lowest BCUT2D eigenvalue weighted by molar-refractivity contribution is 0.284. The minimum absolute atomic E-state index is 0.311. The van der Waals surface area contributed by atoms with Crippen LogP contribution in [0.5, 0.6) is 11.5 Å². The lowest BCUT2D eigenvalue weighted by Gasteiger charge is -2.20. The molecule has 0 aliphatic carbocycles. The molecule has 0 N–H and O–H groups in total. The number of hydrogen-bond acceptors (Lipinski definition) is 3. The first-order valence-corrected chi connectivity index (χ1v) is 9.29. The van der Waals surface area contributed by atoms with Crippen molar-refractivity contribution in [3.63, 3.8) is 0 Å². The Bertz CT molecular complexity index is 776. The van der Waals surface area contributed by atoms with Gasteiger partial charge in [-0.3, -0.25) is 0 Å². The molecule has 2 aromatic carbocycles. The SMILES string of the molecule is COc1cc(C(=S)N2CCCC2)cc(Cl)c1OCc1ccccc1Cl. The Labute approximate surface area is 163 Å². The van der Waals surface area contributed by atoms with Gasteiger partial charge in [0.25, 0.3) is 0 Å². The molecule has 0 radical (unpaired) electrons. The lowest BCUT2D eigenvalue weighted by atomic mass is 10.2. The van der Waals surface area contributed by atoms with E-state index in [1.165, 1.54) is 12.8 Å².